The van der Waals surface area contributed by atoms with E-state index in [1.165, 1.54) is 19.2 Å². The molecule has 0 saturated carbocycles. The molecule has 1 aliphatic rings. The molecule has 1 saturated heterocycles. The molecule has 3 heterocycles. The van der Waals surface area contributed by atoms with Crippen LogP contribution < -0.4 is 19.7 Å². The van der Waals surface area contributed by atoms with E-state index < -0.39 is 34.0 Å². The standard InChI is InChI=1S/C28H24N4O8S2/c1-39-23-14-18(6-7-19(23)31-42(2,37)38)32-25(24(30-28(32)41)20-5-3-4-10-29-20)22-9-8-21(40-22)15-11-16(26(33)34)13-17(12-15)27(35)36/h3-14,24-25,31H,1-2H3,(H,30,41)(H,33,34)(H,35,36)/t24-,25-/m1/s1. The summed E-state index contributed by atoms with van der Waals surface area (Å²) < 4.78 is 37.8. The summed E-state index contributed by atoms with van der Waals surface area (Å²) in [7, 11) is -2.16. The Kier molecular flexibility index (Phi) is 7.58. The minimum absolute atomic E-state index is 0.200. The number of carbonyl (C=O) groups is 2. The number of aromatic carboxylic acids is 2. The molecule has 4 aromatic rings. The van der Waals surface area contributed by atoms with Crippen LogP contribution in [0.3, 0.4) is 0 Å². The van der Waals surface area contributed by atoms with Crippen LogP contribution in [0.25, 0.3) is 11.3 Å². The van der Waals surface area contributed by atoms with Crippen molar-refractivity contribution in [2.75, 3.05) is 23.0 Å². The van der Waals surface area contributed by atoms with E-state index in [1.807, 2.05) is 12.1 Å². The summed E-state index contributed by atoms with van der Waals surface area (Å²) >= 11 is 5.73. The molecule has 2 aromatic heterocycles. The molecule has 14 heteroatoms. The van der Waals surface area contributed by atoms with Gasteiger partial charge in [0.05, 0.1) is 41.9 Å². The van der Waals surface area contributed by atoms with E-state index in [2.05, 4.69) is 15.0 Å². The maximum absolute atomic E-state index is 11.8. The van der Waals surface area contributed by atoms with Gasteiger partial charge in [0.1, 0.15) is 23.3 Å². The highest BCUT2D eigenvalue weighted by molar-refractivity contribution is 7.92. The zero-order valence-electron chi connectivity index (χ0n) is 22.1. The van der Waals surface area contributed by atoms with Gasteiger partial charge in [-0.25, -0.2) is 18.0 Å². The lowest BCUT2D eigenvalue weighted by Crippen LogP contribution is -2.29. The topological polar surface area (TPSA) is 171 Å². The van der Waals surface area contributed by atoms with Gasteiger partial charge in [-0.15, -0.1) is 0 Å². The first-order valence-electron chi connectivity index (χ1n) is 12.3. The Morgan fingerprint density at radius 3 is 2.36 bits per heavy atom. The number of nitrogens with one attached hydrogen (secondary N) is 2. The number of thiocarbonyl (C=S) groups is 1. The number of sulfonamides is 1. The van der Waals surface area contributed by atoms with E-state index in [1.54, 1.807) is 47.5 Å². The summed E-state index contributed by atoms with van der Waals surface area (Å²) in [6, 6.07) is 16.3. The van der Waals surface area contributed by atoms with Crippen LogP contribution in [0.1, 0.15) is 44.3 Å². The number of rotatable bonds is 9. The number of furan rings is 1. The fraction of sp³-hybridized carbons (Fsp3) is 0.143. The molecule has 1 aliphatic heterocycles. The Labute approximate surface area is 245 Å². The molecule has 12 nitrogen and oxygen atoms in total. The monoisotopic (exact) mass is 608 g/mol. The van der Waals surface area contributed by atoms with Crippen molar-refractivity contribution in [1.82, 2.24) is 10.3 Å². The first kappa shape index (κ1) is 28.6. The molecule has 1 fully saturated rings. The number of aromatic nitrogens is 1. The first-order chi connectivity index (χ1) is 19.9. The fourth-order valence-corrected chi connectivity index (χ4v) is 5.63. The third-order valence-corrected chi connectivity index (χ3v) is 7.39. The molecule has 2 aromatic carbocycles. The number of hydrogen-bond donors (Lipinski definition) is 4. The smallest absolute Gasteiger partial charge is 0.335 e. The quantitative estimate of drug-likeness (QED) is 0.199. The second-order valence-electron chi connectivity index (χ2n) is 9.37. The first-order valence-corrected chi connectivity index (χ1v) is 14.6. The number of methoxy groups -OCH3 is 1. The molecule has 0 radical (unpaired) electrons. The van der Waals surface area contributed by atoms with Gasteiger partial charge in [-0.2, -0.15) is 0 Å². The van der Waals surface area contributed by atoms with Crippen molar-refractivity contribution in [2.45, 2.75) is 12.1 Å². The van der Waals surface area contributed by atoms with Crippen molar-refractivity contribution < 1.29 is 37.4 Å². The third kappa shape index (κ3) is 5.75. The lowest BCUT2D eigenvalue weighted by atomic mass is 10.0. The molecule has 0 amide bonds. The zero-order chi connectivity index (χ0) is 30.2. The minimum Gasteiger partial charge on any atom is -0.494 e. The normalized spacial score (nSPS) is 16.6. The Morgan fingerprint density at radius 1 is 1.05 bits per heavy atom. The van der Waals surface area contributed by atoms with Crippen LogP contribution in [-0.4, -0.2) is 54.0 Å². The number of carboxylic acid groups (broad SMARTS) is 2. The molecular weight excluding hydrogens is 584 g/mol. The highest BCUT2D eigenvalue weighted by Gasteiger charge is 2.43. The number of pyridine rings is 1. The number of nitrogens with zero attached hydrogens (tertiary/aromatic N) is 2. The van der Waals surface area contributed by atoms with Gasteiger partial charge in [-0.3, -0.25) is 9.71 Å². The number of ether oxygens (including phenoxy) is 1. The largest absolute Gasteiger partial charge is 0.494 e. The Bertz CT molecular complexity index is 1780. The van der Waals surface area contributed by atoms with E-state index in [0.717, 1.165) is 12.3 Å². The molecule has 0 aliphatic carbocycles. The minimum atomic E-state index is -3.57. The summed E-state index contributed by atoms with van der Waals surface area (Å²) in [5, 5.41) is 22.6. The highest BCUT2D eigenvalue weighted by atomic mass is 32.2. The Balaban J connectivity index is 1.61. The maximum Gasteiger partial charge on any atom is 0.335 e. The maximum atomic E-state index is 11.8. The van der Waals surface area contributed by atoms with E-state index in [-0.39, 0.29) is 33.9 Å². The highest BCUT2D eigenvalue weighted by Crippen LogP contribution is 2.44. The summed E-state index contributed by atoms with van der Waals surface area (Å²) in [6.45, 7) is 0. The van der Waals surface area contributed by atoms with Crippen LogP contribution >= 0.6 is 12.2 Å². The predicted octanol–water partition coefficient (Wildman–Crippen LogP) is 4.30. The van der Waals surface area contributed by atoms with Crippen LogP contribution in [0.15, 0.2) is 77.3 Å². The fourth-order valence-electron chi connectivity index (χ4n) is 4.72. The molecule has 2 atom stereocenters. The summed E-state index contributed by atoms with van der Waals surface area (Å²) in [5.41, 5.74) is 1.33. The molecule has 42 heavy (non-hydrogen) atoms. The van der Waals surface area contributed by atoms with Gasteiger partial charge in [0, 0.05) is 23.5 Å². The predicted molar refractivity (Wildman–Crippen MR) is 157 cm³/mol. The van der Waals surface area contributed by atoms with E-state index in [0.29, 0.717) is 22.3 Å². The van der Waals surface area contributed by atoms with Crippen molar-refractivity contribution in [3.8, 4) is 17.1 Å². The van der Waals surface area contributed by atoms with Gasteiger partial charge in [0.2, 0.25) is 10.0 Å². The average molecular weight is 609 g/mol. The summed E-state index contributed by atoms with van der Waals surface area (Å²) in [5.74, 6) is -1.63. The van der Waals surface area contributed by atoms with E-state index >= 15 is 0 Å². The van der Waals surface area contributed by atoms with Crippen LogP contribution in [-0.2, 0) is 10.0 Å². The number of carboxylic acids is 2. The lowest BCUT2D eigenvalue weighted by Gasteiger charge is -2.27. The van der Waals surface area contributed by atoms with Crippen LogP contribution in [0, 0.1) is 0 Å². The SMILES string of the molecule is COc1cc(N2C(=S)N[C@H](c3ccccn3)[C@H]2c2ccc(-c3cc(C(=O)O)cc(C(=O)O)c3)o2)ccc1NS(C)(=O)=O. The number of hydrogen-bond acceptors (Lipinski definition) is 8. The van der Waals surface area contributed by atoms with Crippen LogP contribution in [0.5, 0.6) is 5.75 Å². The average Bonchev–Trinajstić information content (AvgIpc) is 3.57. The summed E-state index contributed by atoms with van der Waals surface area (Å²) in [6.07, 6.45) is 2.68. The molecule has 0 unspecified atom stereocenters. The third-order valence-electron chi connectivity index (χ3n) is 6.49. The molecule has 0 spiro atoms. The molecule has 216 valence electrons. The van der Waals surface area contributed by atoms with Crippen molar-refractivity contribution in [3.63, 3.8) is 0 Å². The van der Waals surface area contributed by atoms with Crippen LogP contribution in [0.2, 0.25) is 0 Å². The number of anilines is 2. The van der Waals surface area contributed by atoms with E-state index in [9.17, 15) is 28.2 Å². The van der Waals surface area contributed by atoms with Crippen molar-refractivity contribution in [1.29, 1.82) is 0 Å². The molecular formula is C28H24N4O8S2. The summed E-state index contributed by atoms with van der Waals surface area (Å²) in [4.78, 5) is 29.6. The van der Waals surface area contributed by atoms with Gasteiger partial charge in [-0.1, -0.05) is 6.07 Å². The Morgan fingerprint density at radius 2 is 1.76 bits per heavy atom. The van der Waals surface area contributed by atoms with Gasteiger partial charge >= 0.3 is 11.9 Å². The lowest BCUT2D eigenvalue weighted by molar-refractivity contribution is 0.0696. The Hall–Kier alpha value is -4.95. The van der Waals surface area contributed by atoms with Gasteiger partial charge in [0.25, 0.3) is 0 Å². The van der Waals surface area contributed by atoms with E-state index in [4.69, 9.17) is 21.4 Å². The molecule has 5 rings (SSSR count). The second kappa shape index (κ2) is 11.1. The number of benzene rings is 2. The zero-order valence-corrected chi connectivity index (χ0v) is 23.8. The molecule has 4 N–H and O–H groups in total. The van der Waals surface area contributed by atoms with Crippen molar-refractivity contribution >= 4 is 50.7 Å². The molecule has 0 bridgehead atoms. The van der Waals surface area contributed by atoms with Gasteiger partial charge in [0.15, 0.2) is 5.11 Å². The van der Waals surface area contributed by atoms with Crippen molar-refractivity contribution in [2.24, 2.45) is 0 Å². The van der Waals surface area contributed by atoms with Crippen molar-refractivity contribution in [3.05, 3.63) is 95.5 Å². The second-order valence-corrected chi connectivity index (χ2v) is 11.5. The van der Waals surface area contributed by atoms with Gasteiger partial charge in [-0.05, 0) is 66.8 Å². The van der Waals surface area contributed by atoms with Crippen LogP contribution in [0.4, 0.5) is 11.4 Å². The van der Waals surface area contributed by atoms with Gasteiger partial charge < -0.3 is 29.6 Å².